The van der Waals surface area contributed by atoms with Gasteiger partial charge in [0.25, 0.3) is 0 Å². The molecule has 4 saturated carbocycles. The molecule has 3 heteroatoms. The first-order valence-corrected chi connectivity index (χ1v) is 7.89. The lowest BCUT2D eigenvalue weighted by molar-refractivity contribution is -0.140. The monoisotopic (exact) mass is 266 g/mol. The number of aliphatic imine (C=N–C) groups is 1. The van der Waals surface area contributed by atoms with E-state index in [1.807, 2.05) is 0 Å². The lowest BCUT2D eigenvalue weighted by atomic mass is 9.40. The fourth-order valence-electron chi connectivity index (χ4n) is 6.18. The summed E-state index contributed by atoms with van der Waals surface area (Å²) in [5, 5.41) is 0. The molecule has 0 aromatic heterocycles. The van der Waals surface area contributed by atoms with Crippen LogP contribution in [-0.4, -0.2) is 18.1 Å². The van der Waals surface area contributed by atoms with Gasteiger partial charge in [0.15, 0.2) is 0 Å². The van der Waals surface area contributed by atoms with E-state index in [-0.39, 0.29) is 0 Å². The Morgan fingerprint density at radius 1 is 1.17 bits per heavy atom. The molecule has 0 aromatic rings. The van der Waals surface area contributed by atoms with E-state index in [2.05, 4.69) is 31.5 Å². The maximum Gasteiger partial charge on any atom is 0.103 e. The summed E-state index contributed by atoms with van der Waals surface area (Å²) in [7, 11) is 0. The second-order valence-corrected chi connectivity index (χ2v) is 8.41. The molecule has 0 heterocycles. The molecule has 2 atom stereocenters. The van der Waals surface area contributed by atoms with Crippen LogP contribution in [0.25, 0.3) is 0 Å². The van der Waals surface area contributed by atoms with Gasteiger partial charge >= 0.3 is 0 Å². The van der Waals surface area contributed by atoms with Gasteiger partial charge < -0.3 is 5.73 Å². The van der Waals surface area contributed by atoms with Crippen molar-refractivity contribution >= 4 is 18.5 Å². The van der Waals surface area contributed by atoms with Crippen molar-refractivity contribution in [3.05, 3.63) is 0 Å². The minimum absolute atomic E-state index is 0.455. The molecule has 0 aliphatic heterocycles. The van der Waals surface area contributed by atoms with Crippen LogP contribution in [0.4, 0.5) is 0 Å². The molecule has 2 unspecified atom stereocenters. The van der Waals surface area contributed by atoms with Crippen molar-refractivity contribution in [1.29, 1.82) is 0 Å². The molecule has 0 saturated heterocycles. The summed E-state index contributed by atoms with van der Waals surface area (Å²) >= 11 is 4.21. The van der Waals surface area contributed by atoms with Crippen LogP contribution in [-0.2, 0) is 0 Å². The Kier molecular flexibility index (Phi) is 2.79. The topological polar surface area (TPSA) is 38.4 Å². The molecular weight excluding hydrogens is 240 g/mol. The molecule has 4 bridgehead atoms. The van der Waals surface area contributed by atoms with E-state index in [0.717, 1.165) is 12.5 Å². The number of nitrogens with zero attached hydrogens (tertiary/aromatic N) is 1. The molecule has 4 aliphatic rings. The summed E-state index contributed by atoms with van der Waals surface area (Å²) in [5.74, 6) is 2.25. The first-order valence-electron chi connectivity index (χ1n) is 7.26. The smallest absolute Gasteiger partial charge is 0.103 e. The Balaban J connectivity index is 1.85. The van der Waals surface area contributed by atoms with Gasteiger partial charge in [-0.15, -0.1) is 0 Å². The van der Waals surface area contributed by atoms with Crippen molar-refractivity contribution in [2.24, 2.45) is 32.9 Å². The molecule has 0 spiro atoms. The Labute approximate surface area is 116 Å². The highest BCUT2D eigenvalue weighted by Gasteiger charge is 2.59. The van der Waals surface area contributed by atoms with Crippen LogP contribution >= 0.6 is 12.6 Å². The molecule has 18 heavy (non-hydrogen) atoms. The van der Waals surface area contributed by atoms with Gasteiger partial charge in [-0.3, -0.25) is 4.99 Å². The van der Waals surface area contributed by atoms with Crippen LogP contribution in [0.3, 0.4) is 0 Å². The predicted octanol–water partition coefficient (Wildman–Crippen LogP) is 3.27. The fraction of sp³-hybridized carbons (Fsp3) is 0.933. The van der Waals surface area contributed by atoms with Crippen LogP contribution in [0.15, 0.2) is 4.99 Å². The second kappa shape index (κ2) is 3.91. The number of rotatable bonds is 3. The molecule has 4 fully saturated rings. The van der Waals surface area contributed by atoms with Gasteiger partial charge in [-0.05, 0) is 60.7 Å². The summed E-state index contributed by atoms with van der Waals surface area (Å²) < 4.78 is 0. The normalized spacial score (nSPS) is 50.8. The highest BCUT2D eigenvalue weighted by Crippen LogP contribution is 2.69. The zero-order chi connectivity index (χ0) is 13.0. The average Bonchev–Trinajstić information content (AvgIpc) is 2.21. The van der Waals surface area contributed by atoms with Crippen molar-refractivity contribution in [2.45, 2.75) is 52.4 Å². The quantitative estimate of drug-likeness (QED) is 0.459. The molecule has 0 amide bonds. The maximum atomic E-state index is 5.84. The lowest BCUT2D eigenvalue weighted by Crippen LogP contribution is -2.56. The van der Waals surface area contributed by atoms with Crippen molar-refractivity contribution in [1.82, 2.24) is 0 Å². The van der Waals surface area contributed by atoms with Crippen LogP contribution in [0, 0.1) is 22.2 Å². The third-order valence-corrected chi connectivity index (χ3v) is 5.85. The van der Waals surface area contributed by atoms with E-state index in [1.54, 1.807) is 0 Å². The highest BCUT2D eigenvalue weighted by molar-refractivity contribution is 7.81. The second-order valence-electron chi connectivity index (χ2n) is 8.10. The number of thiol groups is 1. The molecule has 0 radical (unpaired) electrons. The van der Waals surface area contributed by atoms with Crippen molar-refractivity contribution in [3.8, 4) is 0 Å². The van der Waals surface area contributed by atoms with Gasteiger partial charge in [-0.2, -0.15) is 12.6 Å². The van der Waals surface area contributed by atoms with Crippen molar-refractivity contribution in [2.75, 3.05) is 12.3 Å². The van der Waals surface area contributed by atoms with Gasteiger partial charge in [0.2, 0.25) is 0 Å². The molecule has 2 N–H and O–H groups in total. The third-order valence-electron chi connectivity index (χ3n) is 5.52. The van der Waals surface area contributed by atoms with Gasteiger partial charge in [0.05, 0.1) is 0 Å². The Morgan fingerprint density at radius 2 is 1.78 bits per heavy atom. The Bertz CT molecular complexity index is 372. The Morgan fingerprint density at radius 3 is 2.28 bits per heavy atom. The lowest BCUT2D eigenvalue weighted by Gasteiger charge is -2.65. The van der Waals surface area contributed by atoms with E-state index in [0.29, 0.717) is 27.8 Å². The number of nitrogens with two attached hydrogens (primary N) is 1. The zero-order valence-electron chi connectivity index (χ0n) is 11.7. The molecular formula is C15H26N2S. The van der Waals surface area contributed by atoms with E-state index in [9.17, 15) is 0 Å². The minimum atomic E-state index is 0.455. The van der Waals surface area contributed by atoms with Crippen molar-refractivity contribution < 1.29 is 0 Å². The van der Waals surface area contributed by atoms with Gasteiger partial charge in [-0.1, -0.05) is 13.8 Å². The molecule has 0 aromatic carbocycles. The fourth-order valence-corrected chi connectivity index (χ4v) is 6.28. The maximum absolute atomic E-state index is 5.84. The SMILES string of the molecule is CC12CC3CC(C)(C1)CC(CN=C(N)CS)(C3)C2. The van der Waals surface area contributed by atoms with Crippen LogP contribution in [0.1, 0.15) is 52.4 Å². The predicted molar refractivity (Wildman–Crippen MR) is 80.2 cm³/mol. The Hall–Kier alpha value is -0.180. The van der Waals surface area contributed by atoms with Crippen molar-refractivity contribution in [3.63, 3.8) is 0 Å². The van der Waals surface area contributed by atoms with Crippen LogP contribution < -0.4 is 5.73 Å². The van der Waals surface area contributed by atoms with Gasteiger partial charge in [-0.25, -0.2) is 0 Å². The first kappa shape index (κ1) is 12.8. The minimum Gasteiger partial charge on any atom is -0.387 e. The summed E-state index contributed by atoms with van der Waals surface area (Å²) in [6.07, 6.45) is 8.47. The van der Waals surface area contributed by atoms with Gasteiger partial charge in [0.1, 0.15) is 5.84 Å². The van der Waals surface area contributed by atoms with Crippen LogP contribution in [0.2, 0.25) is 0 Å². The number of amidine groups is 1. The number of hydrogen-bond acceptors (Lipinski definition) is 2. The highest BCUT2D eigenvalue weighted by atomic mass is 32.1. The van der Waals surface area contributed by atoms with E-state index in [1.165, 1.54) is 38.5 Å². The van der Waals surface area contributed by atoms with E-state index < -0.39 is 0 Å². The summed E-state index contributed by atoms with van der Waals surface area (Å²) in [4.78, 5) is 4.61. The van der Waals surface area contributed by atoms with E-state index >= 15 is 0 Å². The first-order chi connectivity index (χ1) is 8.36. The molecule has 2 nitrogen and oxygen atoms in total. The molecule has 102 valence electrons. The summed E-state index contributed by atoms with van der Waals surface area (Å²) in [6, 6.07) is 0. The third kappa shape index (κ3) is 2.09. The summed E-state index contributed by atoms with van der Waals surface area (Å²) in [6.45, 7) is 5.97. The van der Waals surface area contributed by atoms with Crippen LogP contribution in [0.5, 0.6) is 0 Å². The van der Waals surface area contributed by atoms with Gasteiger partial charge in [0, 0.05) is 12.3 Å². The average molecular weight is 266 g/mol. The standard InChI is InChI=1S/C15H26N2S/c1-13-3-11-4-14(2,7-13)9-15(5-11,8-13)10-17-12(16)6-18/h11,18H,3-10H2,1-2H3,(H2,16,17). The molecule has 4 aliphatic carbocycles. The zero-order valence-corrected chi connectivity index (χ0v) is 12.6. The summed E-state index contributed by atoms with van der Waals surface area (Å²) in [5.41, 5.74) is 7.46. The molecule has 4 rings (SSSR count). The number of hydrogen-bond donors (Lipinski definition) is 2. The van der Waals surface area contributed by atoms with E-state index in [4.69, 9.17) is 5.73 Å². The largest absolute Gasteiger partial charge is 0.387 e.